The summed E-state index contributed by atoms with van der Waals surface area (Å²) < 4.78 is 0. The van der Waals surface area contributed by atoms with E-state index in [2.05, 4.69) is 22.1 Å². The van der Waals surface area contributed by atoms with Crippen molar-refractivity contribution < 1.29 is 5.11 Å². The molecule has 0 radical (unpaired) electrons. The Hall–Kier alpha value is -0.380. The number of nitrogens with one attached hydrogen (secondary N) is 1. The van der Waals surface area contributed by atoms with E-state index in [1.165, 1.54) is 12.0 Å². The molecule has 0 bridgehead atoms. The summed E-state index contributed by atoms with van der Waals surface area (Å²) in [4.78, 5) is 0. The summed E-state index contributed by atoms with van der Waals surface area (Å²) in [5.74, 6) is 0. The minimum Gasteiger partial charge on any atom is -0.394 e. The summed E-state index contributed by atoms with van der Waals surface area (Å²) >= 11 is 1.72. The predicted octanol–water partition coefficient (Wildman–Crippen LogP) is 1.41. The lowest BCUT2D eigenvalue weighted by Crippen LogP contribution is -2.45. The van der Waals surface area contributed by atoms with Gasteiger partial charge >= 0.3 is 0 Å². The summed E-state index contributed by atoms with van der Waals surface area (Å²) in [7, 11) is 0. The van der Waals surface area contributed by atoms with Crippen molar-refractivity contribution in [1.82, 2.24) is 5.32 Å². The molecule has 2 rings (SSSR count). The van der Waals surface area contributed by atoms with Gasteiger partial charge in [-0.3, -0.25) is 0 Å². The van der Waals surface area contributed by atoms with Crippen LogP contribution < -0.4 is 5.32 Å². The number of hydrogen-bond acceptors (Lipinski definition) is 3. The van der Waals surface area contributed by atoms with Crippen LogP contribution in [0.5, 0.6) is 0 Å². The van der Waals surface area contributed by atoms with Gasteiger partial charge in [-0.1, -0.05) is 0 Å². The number of hydrogen-bond donors (Lipinski definition) is 2. The second-order valence-corrected chi connectivity index (χ2v) is 4.56. The Balaban J connectivity index is 2.06. The molecule has 1 saturated heterocycles. The van der Waals surface area contributed by atoms with Gasteiger partial charge in [0.2, 0.25) is 0 Å². The smallest absolute Gasteiger partial charge is 0.0616 e. The van der Waals surface area contributed by atoms with Crippen LogP contribution in [0.2, 0.25) is 0 Å². The van der Waals surface area contributed by atoms with Crippen LogP contribution >= 0.6 is 11.3 Å². The van der Waals surface area contributed by atoms with Crippen LogP contribution in [-0.2, 0) is 6.42 Å². The maximum Gasteiger partial charge on any atom is 0.0616 e. The van der Waals surface area contributed by atoms with Gasteiger partial charge in [0.1, 0.15) is 0 Å². The number of rotatable bonds is 3. The highest BCUT2D eigenvalue weighted by Crippen LogP contribution is 2.24. The molecular formula is C10H15NOS. The first-order valence-corrected chi connectivity index (χ1v) is 5.66. The lowest BCUT2D eigenvalue weighted by atomic mass is 9.91. The Bertz CT molecular complexity index is 252. The zero-order valence-corrected chi connectivity index (χ0v) is 8.44. The second kappa shape index (κ2) is 3.78. The highest BCUT2D eigenvalue weighted by molar-refractivity contribution is 7.07. The molecule has 1 unspecified atom stereocenters. The van der Waals surface area contributed by atoms with E-state index in [9.17, 15) is 5.11 Å². The zero-order valence-electron chi connectivity index (χ0n) is 7.62. The minimum atomic E-state index is -0.0267. The highest BCUT2D eigenvalue weighted by Gasteiger charge is 2.32. The molecule has 1 aromatic heterocycles. The Morgan fingerprint density at radius 1 is 1.62 bits per heavy atom. The molecular weight excluding hydrogens is 182 g/mol. The first-order chi connectivity index (χ1) is 6.35. The van der Waals surface area contributed by atoms with Crippen LogP contribution in [-0.4, -0.2) is 23.8 Å². The van der Waals surface area contributed by atoms with Crippen molar-refractivity contribution in [2.75, 3.05) is 13.2 Å². The molecule has 1 aromatic rings. The van der Waals surface area contributed by atoms with Gasteiger partial charge in [0.05, 0.1) is 6.61 Å². The van der Waals surface area contributed by atoms with Crippen LogP contribution in [0.15, 0.2) is 16.8 Å². The molecule has 1 fully saturated rings. The summed E-state index contributed by atoms with van der Waals surface area (Å²) in [6.45, 7) is 1.30. The Morgan fingerprint density at radius 3 is 3.08 bits per heavy atom. The zero-order chi connectivity index (χ0) is 9.15. The first-order valence-electron chi connectivity index (χ1n) is 4.72. The van der Waals surface area contributed by atoms with E-state index in [0.717, 1.165) is 19.4 Å². The first kappa shape index (κ1) is 9.19. The van der Waals surface area contributed by atoms with Crippen molar-refractivity contribution in [1.29, 1.82) is 0 Å². The van der Waals surface area contributed by atoms with Gasteiger partial charge in [0.15, 0.2) is 0 Å². The number of aliphatic hydroxyl groups excluding tert-OH is 1. The molecule has 1 aliphatic heterocycles. The minimum absolute atomic E-state index is 0.0267. The van der Waals surface area contributed by atoms with Gasteiger partial charge in [-0.2, -0.15) is 11.3 Å². The van der Waals surface area contributed by atoms with E-state index in [1.807, 2.05) is 0 Å². The van der Waals surface area contributed by atoms with Gasteiger partial charge in [-0.25, -0.2) is 0 Å². The molecule has 0 aromatic carbocycles. The monoisotopic (exact) mass is 197 g/mol. The Labute approximate surface area is 82.6 Å². The van der Waals surface area contributed by atoms with Crippen molar-refractivity contribution in [3.63, 3.8) is 0 Å². The van der Waals surface area contributed by atoms with Crippen molar-refractivity contribution in [2.24, 2.45) is 0 Å². The topological polar surface area (TPSA) is 32.3 Å². The van der Waals surface area contributed by atoms with Crippen molar-refractivity contribution in [2.45, 2.75) is 24.8 Å². The fourth-order valence-electron chi connectivity index (χ4n) is 1.99. The van der Waals surface area contributed by atoms with Crippen molar-refractivity contribution in [3.8, 4) is 0 Å². The standard InChI is InChI=1S/C10H15NOS/c12-8-10(3-1-4-11-10)6-9-2-5-13-7-9/h2,5,7,11-12H,1,3-4,6,8H2. The molecule has 3 heteroatoms. The third-order valence-corrected chi connectivity index (χ3v) is 3.49. The van der Waals surface area contributed by atoms with Crippen LogP contribution in [0.1, 0.15) is 18.4 Å². The molecule has 2 N–H and O–H groups in total. The van der Waals surface area contributed by atoms with Gasteiger partial charge in [0, 0.05) is 5.54 Å². The summed E-state index contributed by atoms with van der Waals surface area (Å²) in [6.07, 6.45) is 3.25. The van der Waals surface area contributed by atoms with Gasteiger partial charge in [-0.15, -0.1) is 0 Å². The SMILES string of the molecule is OCC1(Cc2ccsc2)CCCN1. The predicted molar refractivity (Wildman–Crippen MR) is 55.1 cm³/mol. The average molecular weight is 197 g/mol. The molecule has 2 heterocycles. The van der Waals surface area contributed by atoms with Gasteiger partial charge < -0.3 is 10.4 Å². The van der Waals surface area contributed by atoms with E-state index in [0.29, 0.717) is 0 Å². The fourth-order valence-corrected chi connectivity index (χ4v) is 2.66. The van der Waals surface area contributed by atoms with E-state index in [1.54, 1.807) is 11.3 Å². The molecule has 0 amide bonds. The maximum absolute atomic E-state index is 9.36. The third-order valence-electron chi connectivity index (χ3n) is 2.76. The maximum atomic E-state index is 9.36. The molecule has 0 aliphatic carbocycles. The Kier molecular flexibility index (Phi) is 2.67. The van der Waals surface area contributed by atoms with Gasteiger partial charge in [0.25, 0.3) is 0 Å². The lowest BCUT2D eigenvalue weighted by molar-refractivity contribution is 0.177. The van der Waals surface area contributed by atoms with E-state index in [4.69, 9.17) is 0 Å². The fraction of sp³-hybridized carbons (Fsp3) is 0.600. The Morgan fingerprint density at radius 2 is 2.54 bits per heavy atom. The van der Waals surface area contributed by atoms with Crippen LogP contribution in [0.25, 0.3) is 0 Å². The van der Waals surface area contributed by atoms with E-state index in [-0.39, 0.29) is 12.1 Å². The van der Waals surface area contributed by atoms with Crippen molar-refractivity contribution >= 4 is 11.3 Å². The molecule has 13 heavy (non-hydrogen) atoms. The summed E-state index contributed by atoms with van der Waals surface area (Å²) in [5.41, 5.74) is 1.31. The number of thiophene rings is 1. The molecule has 1 aliphatic rings. The van der Waals surface area contributed by atoms with Crippen LogP contribution in [0.4, 0.5) is 0 Å². The molecule has 1 atom stereocenters. The largest absolute Gasteiger partial charge is 0.394 e. The van der Waals surface area contributed by atoms with Crippen LogP contribution in [0.3, 0.4) is 0 Å². The molecule has 72 valence electrons. The normalized spacial score (nSPS) is 28.1. The summed E-state index contributed by atoms with van der Waals surface area (Å²) in [5, 5.41) is 17.0. The summed E-state index contributed by atoms with van der Waals surface area (Å²) in [6, 6.07) is 2.14. The molecule has 0 saturated carbocycles. The third kappa shape index (κ3) is 1.93. The lowest BCUT2D eigenvalue weighted by Gasteiger charge is -2.26. The van der Waals surface area contributed by atoms with Gasteiger partial charge in [-0.05, 0) is 48.2 Å². The molecule has 2 nitrogen and oxygen atoms in total. The van der Waals surface area contributed by atoms with Crippen LogP contribution in [0, 0.1) is 0 Å². The van der Waals surface area contributed by atoms with Crippen molar-refractivity contribution in [3.05, 3.63) is 22.4 Å². The average Bonchev–Trinajstić information content (AvgIpc) is 2.77. The van der Waals surface area contributed by atoms with E-state index >= 15 is 0 Å². The second-order valence-electron chi connectivity index (χ2n) is 3.78. The quantitative estimate of drug-likeness (QED) is 0.768. The highest BCUT2D eigenvalue weighted by atomic mass is 32.1. The molecule has 0 spiro atoms. The number of aliphatic hydroxyl groups is 1. The van der Waals surface area contributed by atoms with E-state index < -0.39 is 0 Å².